The van der Waals surface area contributed by atoms with Crippen molar-refractivity contribution >= 4 is 76.8 Å². The third kappa shape index (κ3) is 11.7. The van der Waals surface area contributed by atoms with Gasteiger partial charge in [-0.15, -0.1) is 0 Å². The summed E-state index contributed by atoms with van der Waals surface area (Å²) in [7, 11) is 0. The number of carbonyl (C=O) groups excluding carboxylic acids is 13. The molecule has 13 amide bonds. The van der Waals surface area contributed by atoms with Gasteiger partial charge in [0.1, 0.15) is 36.3 Å². The lowest BCUT2D eigenvalue weighted by Crippen LogP contribution is -2.49. The third-order valence-electron chi connectivity index (χ3n) is 14.2. The molecule has 6 fully saturated rings. The maximum absolute atomic E-state index is 13.9. The summed E-state index contributed by atoms with van der Waals surface area (Å²) in [6.07, 6.45) is 0.357. The number of amides is 13. The smallest absolute Gasteiger partial charge is 0.243 e. The van der Waals surface area contributed by atoms with Gasteiger partial charge in [-0.2, -0.15) is 0 Å². The largest absolute Gasteiger partial charge is 0.368 e. The fraction of sp³-hybridized carbons (Fsp3) is 0.705. The Labute approximate surface area is 404 Å². The van der Waals surface area contributed by atoms with Gasteiger partial charge in [-0.3, -0.25) is 62.3 Å². The van der Waals surface area contributed by atoms with Gasteiger partial charge in [-0.1, -0.05) is 0 Å². The molecule has 0 bridgehead atoms. The molecule has 6 rings (SSSR count). The lowest BCUT2D eigenvalue weighted by Gasteiger charge is -2.24. The van der Waals surface area contributed by atoms with Gasteiger partial charge >= 0.3 is 0 Å². The number of nitrogens with one attached hydrogen (secondary N) is 6. The van der Waals surface area contributed by atoms with Gasteiger partial charge in [0.2, 0.25) is 76.8 Å². The Hall–Kier alpha value is -6.89. The molecule has 0 spiro atoms. The average molecular weight is 984 g/mol. The van der Waals surface area contributed by atoms with Crippen molar-refractivity contribution < 1.29 is 62.3 Å². The summed E-state index contributed by atoms with van der Waals surface area (Å²) in [4.78, 5) is 176. The molecule has 0 unspecified atom stereocenters. The van der Waals surface area contributed by atoms with Crippen LogP contribution in [0.1, 0.15) is 87.0 Å². The van der Waals surface area contributed by atoms with Crippen molar-refractivity contribution in [3.8, 4) is 0 Å². The fourth-order valence-electron chi connectivity index (χ4n) is 11.0. The van der Waals surface area contributed by atoms with Gasteiger partial charge in [0.05, 0.1) is 0 Å². The average Bonchev–Trinajstić information content (AvgIpc) is 4.12. The standard InChI is InChI=1S/C44H65N13O13/c1-20(58)46-27-9-34(53(14-27)22(3)60)40(66)48-29-11-36(55(16-29)24(5)62)42(68)50-31-13-38(57(18-31)26(7)64)44(70)51-32-12-37(56(19-32)25(6)63)43(69)49-30-10-35(54(17-30)23(4)61)41(67)47-28-8-33(39(45)65)52(15-28)21(2)59/h27-38H,8-19H2,1-7H3,(H2,45,65)(H,46,58)(H,47,67)(H,48,66)(H,49,69)(H,50,68)(H,51,70)/t27-,28-,29-,30-,31-,32-,33-,34-,35-,36-,37-,38-/m0/s1. The number of nitrogens with two attached hydrogens (primary N) is 1. The zero-order valence-corrected chi connectivity index (χ0v) is 40.5. The molecule has 0 radical (unpaired) electrons. The van der Waals surface area contributed by atoms with Crippen LogP contribution in [0.4, 0.5) is 0 Å². The predicted octanol–water partition coefficient (Wildman–Crippen LogP) is -5.87. The first kappa shape index (κ1) is 52.5. The number of hydrogen-bond donors (Lipinski definition) is 7. The van der Waals surface area contributed by atoms with E-state index in [-0.39, 0.29) is 95.5 Å². The van der Waals surface area contributed by atoms with Crippen LogP contribution in [0.2, 0.25) is 0 Å². The van der Waals surface area contributed by atoms with E-state index in [4.69, 9.17) is 5.73 Å². The van der Waals surface area contributed by atoms with E-state index in [0.29, 0.717) is 0 Å². The van der Waals surface area contributed by atoms with Crippen LogP contribution in [-0.4, -0.2) is 218 Å². The first-order valence-corrected chi connectivity index (χ1v) is 23.5. The number of likely N-dealkylation sites (tertiary alicyclic amines) is 6. The van der Waals surface area contributed by atoms with E-state index in [0.717, 1.165) is 0 Å². The molecule has 0 aromatic rings. The summed E-state index contributed by atoms with van der Waals surface area (Å²) in [5.41, 5.74) is 5.47. The normalized spacial score (nSPS) is 30.4. The monoisotopic (exact) mass is 983 g/mol. The highest BCUT2D eigenvalue weighted by Crippen LogP contribution is 2.27. The van der Waals surface area contributed by atoms with Crippen LogP contribution in [0.25, 0.3) is 0 Å². The van der Waals surface area contributed by atoms with Gasteiger partial charge in [-0.05, 0) is 38.5 Å². The van der Waals surface area contributed by atoms with Crippen molar-refractivity contribution in [2.75, 3.05) is 39.3 Å². The number of hydrogen-bond acceptors (Lipinski definition) is 13. The third-order valence-corrected chi connectivity index (χ3v) is 14.2. The molecule has 6 aliphatic rings. The molecule has 0 aromatic heterocycles. The molecule has 0 aliphatic carbocycles. The first-order valence-electron chi connectivity index (χ1n) is 23.5. The van der Waals surface area contributed by atoms with E-state index in [2.05, 4.69) is 31.9 Å². The zero-order valence-electron chi connectivity index (χ0n) is 40.5. The number of nitrogens with zero attached hydrogens (tertiary/aromatic N) is 6. The molecule has 26 nitrogen and oxygen atoms in total. The van der Waals surface area contributed by atoms with E-state index in [1.807, 2.05) is 0 Å². The van der Waals surface area contributed by atoms with Crippen molar-refractivity contribution in [1.82, 2.24) is 61.3 Å². The van der Waals surface area contributed by atoms with Crippen molar-refractivity contribution in [2.45, 2.75) is 159 Å². The molecular formula is C44H65N13O13. The Bertz CT molecular complexity index is 2190. The summed E-state index contributed by atoms with van der Waals surface area (Å²) in [6.45, 7) is 9.17. The highest BCUT2D eigenvalue weighted by atomic mass is 16.2. The van der Waals surface area contributed by atoms with Gasteiger partial charge in [0, 0.05) is 124 Å². The minimum Gasteiger partial charge on any atom is -0.368 e. The molecule has 12 atom stereocenters. The van der Waals surface area contributed by atoms with E-state index in [1.54, 1.807) is 0 Å². The number of rotatable bonds is 12. The molecule has 26 heteroatoms. The maximum atomic E-state index is 13.9. The first-order chi connectivity index (χ1) is 32.8. The van der Waals surface area contributed by atoms with Crippen molar-refractivity contribution in [2.24, 2.45) is 5.73 Å². The molecule has 0 saturated carbocycles. The summed E-state index contributed by atoms with van der Waals surface area (Å²) in [5, 5.41) is 17.0. The summed E-state index contributed by atoms with van der Waals surface area (Å²) >= 11 is 0. The molecule has 6 aliphatic heterocycles. The quantitative estimate of drug-likeness (QED) is 0.0960. The van der Waals surface area contributed by atoms with Crippen LogP contribution in [0.5, 0.6) is 0 Å². The van der Waals surface area contributed by atoms with Crippen LogP contribution in [0, 0.1) is 0 Å². The lowest BCUT2D eigenvalue weighted by molar-refractivity contribution is -0.137. The molecular weight excluding hydrogens is 919 g/mol. The number of carbonyl (C=O) groups is 13. The van der Waals surface area contributed by atoms with E-state index in [9.17, 15) is 62.3 Å². The lowest BCUT2D eigenvalue weighted by atomic mass is 10.1. The second-order valence-electron chi connectivity index (χ2n) is 19.4. The van der Waals surface area contributed by atoms with Gasteiger partial charge in [0.25, 0.3) is 0 Å². The zero-order chi connectivity index (χ0) is 51.6. The van der Waals surface area contributed by atoms with Crippen LogP contribution >= 0.6 is 0 Å². The van der Waals surface area contributed by atoms with Crippen LogP contribution in [0.15, 0.2) is 0 Å². The van der Waals surface area contributed by atoms with Gasteiger partial charge in [0.15, 0.2) is 0 Å². The van der Waals surface area contributed by atoms with E-state index >= 15 is 0 Å². The molecule has 70 heavy (non-hydrogen) atoms. The molecule has 384 valence electrons. The van der Waals surface area contributed by atoms with Gasteiger partial charge < -0.3 is 67.0 Å². The predicted molar refractivity (Wildman–Crippen MR) is 241 cm³/mol. The molecule has 0 aromatic carbocycles. The van der Waals surface area contributed by atoms with Crippen molar-refractivity contribution in [1.29, 1.82) is 0 Å². The van der Waals surface area contributed by atoms with E-state index < -0.39 is 132 Å². The molecule has 6 heterocycles. The van der Waals surface area contributed by atoms with Crippen LogP contribution in [0.3, 0.4) is 0 Å². The minimum absolute atomic E-state index is 0.000277. The van der Waals surface area contributed by atoms with Crippen LogP contribution < -0.4 is 37.6 Å². The highest BCUT2D eigenvalue weighted by Gasteiger charge is 2.48. The minimum atomic E-state index is -1.05. The summed E-state index contributed by atoms with van der Waals surface area (Å²) in [5.74, 6) is -6.26. The van der Waals surface area contributed by atoms with Crippen molar-refractivity contribution in [3.63, 3.8) is 0 Å². The van der Waals surface area contributed by atoms with Crippen molar-refractivity contribution in [3.05, 3.63) is 0 Å². The Morgan fingerprint density at radius 3 is 0.629 bits per heavy atom. The topological polar surface area (TPSA) is 340 Å². The highest BCUT2D eigenvalue weighted by molar-refractivity contribution is 5.93. The second-order valence-corrected chi connectivity index (χ2v) is 19.4. The number of primary amides is 1. The molecule has 6 saturated heterocycles. The summed E-state index contributed by atoms with van der Waals surface area (Å²) in [6, 6.07) is -9.67. The Kier molecular flexibility index (Phi) is 16.0. The van der Waals surface area contributed by atoms with Crippen LogP contribution in [-0.2, 0) is 62.3 Å². The van der Waals surface area contributed by atoms with Gasteiger partial charge in [-0.25, -0.2) is 0 Å². The Balaban J connectivity index is 1.03. The SMILES string of the molecule is CC(=O)N[C@H]1C[C@@H](C(=O)N[C@H]2C[C@@H](C(=O)N[C@H]3C[C@@H](C(=O)N[C@H]4C[C@@H](C(=O)N[C@H]5C[C@@H](C(=O)N[C@H]6C[C@@H](C(N)=O)N(C(C)=O)C6)N(C(C)=O)C5)N(C(C)=O)C4)N(C(C)=O)C3)N(C(C)=O)C2)N(C(C)=O)C1. The maximum Gasteiger partial charge on any atom is 0.243 e. The Morgan fingerprint density at radius 2 is 0.471 bits per heavy atom. The second kappa shape index (κ2) is 21.4. The van der Waals surface area contributed by atoms with E-state index in [1.165, 1.54) is 77.9 Å². The molecule has 8 N–H and O–H groups in total. The Morgan fingerprint density at radius 1 is 0.300 bits per heavy atom. The fourth-order valence-corrected chi connectivity index (χ4v) is 11.0. The summed E-state index contributed by atoms with van der Waals surface area (Å²) < 4.78 is 0.